The van der Waals surface area contributed by atoms with Crippen molar-refractivity contribution in [3.8, 4) is 33.6 Å². The van der Waals surface area contributed by atoms with Crippen LogP contribution in [0, 0.1) is 27.9 Å². The summed E-state index contributed by atoms with van der Waals surface area (Å²) in [5, 5.41) is 2.20. The molecule has 233 valence electrons. The van der Waals surface area contributed by atoms with E-state index in [-0.39, 0.29) is 20.1 Å². The van der Waals surface area contributed by atoms with Gasteiger partial charge in [-0.3, -0.25) is 0 Å². The summed E-state index contributed by atoms with van der Waals surface area (Å²) in [4.78, 5) is 0. The van der Waals surface area contributed by atoms with Crippen LogP contribution in [-0.4, -0.2) is 13.3 Å². The molecular weight excluding hydrogens is 801 g/mol. The van der Waals surface area contributed by atoms with Crippen molar-refractivity contribution in [2.75, 3.05) is 0 Å². The van der Waals surface area contributed by atoms with E-state index in [0.29, 0.717) is 0 Å². The Bertz CT molecular complexity index is 2150. The Kier molecular flexibility index (Phi) is 9.74. The van der Waals surface area contributed by atoms with Crippen molar-refractivity contribution >= 4 is 39.6 Å². The summed E-state index contributed by atoms with van der Waals surface area (Å²) in [5.41, 5.74) is 10.3. The van der Waals surface area contributed by atoms with Gasteiger partial charge in [0.05, 0.1) is 17.5 Å². The molecule has 0 atom stereocenters. The Morgan fingerprint density at radius 2 is 1.33 bits per heavy atom. The number of pyridine rings is 2. The van der Waals surface area contributed by atoms with Crippen molar-refractivity contribution < 1.29 is 33.7 Å². The zero-order chi connectivity index (χ0) is 31.7. The molecule has 0 bridgehead atoms. The Morgan fingerprint density at radius 3 is 2.02 bits per heavy atom. The summed E-state index contributed by atoms with van der Waals surface area (Å²) < 4.78 is 11.6. The third kappa shape index (κ3) is 6.61. The molecule has 4 aromatic carbocycles. The van der Waals surface area contributed by atoms with Crippen LogP contribution in [0.2, 0.25) is 17.3 Å². The number of hydrogen-bond donors (Lipinski definition) is 0. The second kappa shape index (κ2) is 13.6. The van der Waals surface area contributed by atoms with E-state index in [1.807, 2.05) is 63.9 Å². The van der Waals surface area contributed by atoms with Gasteiger partial charge in [0, 0.05) is 37.9 Å². The molecule has 0 N–H and O–H groups in total. The summed E-state index contributed by atoms with van der Waals surface area (Å²) >= 11 is -1.78. The fourth-order valence-corrected chi connectivity index (χ4v) is 8.04. The molecule has 0 aliphatic rings. The molecule has 0 fully saturated rings. The van der Waals surface area contributed by atoms with E-state index in [2.05, 4.69) is 118 Å². The molecule has 0 saturated heterocycles. The molecule has 46 heavy (non-hydrogen) atoms. The summed E-state index contributed by atoms with van der Waals surface area (Å²) in [6.45, 7) is 8.30. The molecule has 5 heteroatoms. The van der Waals surface area contributed by atoms with Gasteiger partial charge < -0.3 is 8.98 Å². The predicted molar refractivity (Wildman–Crippen MR) is 190 cm³/mol. The van der Waals surface area contributed by atoms with Crippen LogP contribution in [-0.2, 0) is 20.1 Å². The average Bonchev–Trinajstić information content (AvgIpc) is 3.40. The van der Waals surface area contributed by atoms with Crippen molar-refractivity contribution in [2.45, 2.75) is 17.3 Å². The van der Waals surface area contributed by atoms with E-state index < -0.39 is 13.3 Å². The molecule has 0 aliphatic carbocycles. The summed E-state index contributed by atoms with van der Waals surface area (Å²) in [6, 6.07) is 39.5. The summed E-state index contributed by atoms with van der Waals surface area (Å²) in [5.74, 6) is 7.18. The van der Waals surface area contributed by atoms with Crippen molar-refractivity contribution in [3.63, 3.8) is 0 Å². The van der Waals surface area contributed by atoms with Gasteiger partial charge in [0.1, 0.15) is 5.58 Å². The van der Waals surface area contributed by atoms with Gasteiger partial charge in [0.25, 0.3) is 0 Å². The Balaban J connectivity index is 0.000000193. The standard InChI is InChI=1S/C25H18NO.C16H20GeN.Ir/c1-17-11-13-20-21-16-19(18-8-4-3-5-9-18)12-14-23(21)27-25(20)24(17)22-10-6-7-15-26(22)2;1-13-8-6-7-9-15(13)16-11-10-14(12-18(16)5)17(2,3)4;/h3-16H,1-2H2;6-12H,1,5H2,2-4H3;/q2*-1;. The van der Waals surface area contributed by atoms with Crippen molar-refractivity contribution in [3.05, 3.63) is 167 Å². The van der Waals surface area contributed by atoms with E-state index in [1.54, 1.807) is 0 Å². The molecule has 0 spiro atoms. The molecule has 0 unspecified atom stereocenters. The second-order valence-electron chi connectivity index (χ2n) is 12.4. The fourth-order valence-electron chi connectivity index (χ4n) is 5.68. The van der Waals surface area contributed by atoms with Crippen molar-refractivity contribution in [1.82, 2.24) is 0 Å². The predicted octanol–water partition coefficient (Wildman–Crippen LogP) is 9.04. The van der Waals surface area contributed by atoms with Gasteiger partial charge in [-0.1, -0.05) is 60.2 Å². The Labute approximate surface area is 289 Å². The maximum absolute atomic E-state index is 6.28. The summed E-state index contributed by atoms with van der Waals surface area (Å²) in [6.07, 6.45) is 4.12. The van der Waals surface area contributed by atoms with E-state index >= 15 is 0 Å². The number of benzene rings is 4. The maximum atomic E-state index is 6.28. The minimum absolute atomic E-state index is 0. The molecule has 7 rings (SSSR count). The van der Waals surface area contributed by atoms with Gasteiger partial charge in [0.2, 0.25) is 0 Å². The topological polar surface area (TPSA) is 20.9 Å². The summed E-state index contributed by atoms with van der Waals surface area (Å²) in [7, 11) is 8.23. The average molecular weight is 840 g/mol. The van der Waals surface area contributed by atoms with Gasteiger partial charge in [-0.15, -0.1) is 6.07 Å². The van der Waals surface area contributed by atoms with Crippen LogP contribution < -0.4 is 13.5 Å². The number of nitrogens with zero attached hydrogens (tertiary/aromatic N) is 2. The normalized spacial score (nSPS) is 11.1. The van der Waals surface area contributed by atoms with Crippen LogP contribution in [0.4, 0.5) is 0 Å². The third-order valence-corrected chi connectivity index (χ3v) is 12.5. The van der Waals surface area contributed by atoms with Crippen LogP contribution in [0.15, 0.2) is 132 Å². The van der Waals surface area contributed by atoms with E-state index in [1.165, 1.54) is 15.5 Å². The van der Waals surface area contributed by atoms with Gasteiger partial charge in [-0.2, -0.15) is 18.6 Å². The third-order valence-electron chi connectivity index (χ3n) is 8.21. The molecule has 3 heterocycles. The van der Waals surface area contributed by atoms with E-state index in [9.17, 15) is 0 Å². The molecule has 7 aromatic rings. The maximum Gasteiger partial charge on any atom is 0 e. The molecule has 0 amide bonds. The largest absolute Gasteiger partial charge is 0 e. The van der Waals surface area contributed by atoms with Crippen LogP contribution in [0.25, 0.3) is 55.6 Å². The first kappa shape index (κ1) is 33.0. The molecule has 1 radical (unpaired) electrons. The number of rotatable bonds is 4. The first-order valence-electron chi connectivity index (χ1n) is 15.1. The van der Waals surface area contributed by atoms with Gasteiger partial charge in [-0.05, 0) is 23.3 Å². The van der Waals surface area contributed by atoms with E-state index in [0.717, 1.165) is 55.6 Å². The van der Waals surface area contributed by atoms with Crippen molar-refractivity contribution in [2.24, 2.45) is 0 Å². The zero-order valence-electron chi connectivity index (χ0n) is 26.6. The Morgan fingerprint density at radius 1 is 0.609 bits per heavy atom. The molecule has 3 nitrogen and oxygen atoms in total. The first-order chi connectivity index (χ1) is 21.6. The van der Waals surface area contributed by atoms with Crippen molar-refractivity contribution in [1.29, 1.82) is 0 Å². The molecular formula is C41H38GeIrN2O-2. The molecule has 0 aliphatic heterocycles. The Hall–Kier alpha value is -4.35. The molecule has 3 aromatic heterocycles. The SMILES string of the molecule is [CH2-]c1ccc2c(oc3ccc(-c4ccccc4)cc32)c1-c1cccc[n+]1[CH2-].[CH2-]c1ccccc1-c1cc[c]([Ge]([CH3])([CH3])[CH3])c[n+]1[CH2-].[Ir]. The monoisotopic (exact) mass is 841 g/mol. The van der Waals surface area contributed by atoms with Crippen LogP contribution in [0.5, 0.6) is 0 Å². The van der Waals surface area contributed by atoms with Gasteiger partial charge >= 0.3 is 113 Å². The van der Waals surface area contributed by atoms with Crippen LogP contribution >= 0.6 is 0 Å². The van der Waals surface area contributed by atoms with Gasteiger partial charge in [0.15, 0.2) is 0 Å². The van der Waals surface area contributed by atoms with Crippen LogP contribution in [0.3, 0.4) is 0 Å². The number of fused-ring (bicyclic) bond motifs is 3. The first-order valence-corrected chi connectivity index (χ1v) is 22.4. The second-order valence-corrected chi connectivity index (χ2v) is 23.0. The quantitative estimate of drug-likeness (QED) is 0.0986. The van der Waals surface area contributed by atoms with Crippen LogP contribution in [0.1, 0.15) is 11.1 Å². The van der Waals surface area contributed by atoms with Gasteiger partial charge in [-0.25, -0.2) is 0 Å². The minimum Gasteiger partial charge on any atom is 0 e. The number of aromatic nitrogens is 2. The number of furan rings is 1. The van der Waals surface area contributed by atoms with E-state index in [4.69, 9.17) is 4.42 Å². The zero-order valence-corrected chi connectivity index (χ0v) is 31.1. The smallest absolute Gasteiger partial charge is 0 e. The number of hydrogen-bond acceptors (Lipinski definition) is 1. The fraction of sp³-hybridized carbons (Fsp3) is 0.0732. The minimum atomic E-state index is -1.78. The molecule has 0 saturated carbocycles.